The molecule has 1 aliphatic rings. The summed E-state index contributed by atoms with van der Waals surface area (Å²) in [6, 6.07) is 10.1. The second-order valence-electron chi connectivity index (χ2n) is 4.98. The third-order valence-electron chi connectivity index (χ3n) is 3.53. The van der Waals surface area contributed by atoms with Gasteiger partial charge in [-0.15, -0.1) is 0 Å². The molecule has 3 rings (SSSR count). The van der Waals surface area contributed by atoms with Crippen molar-refractivity contribution in [2.24, 2.45) is 0 Å². The van der Waals surface area contributed by atoms with Gasteiger partial charge in [0.25, 0.3) is 0 Å². The van der Waals surface area contributed by atoms with Crippen LogP contribution in [0.5, 0.6) is 0 Å². The number of fused-ring (bicyclic) bond motifs is 1. The largest absolute Gasteiger partial charge is 0.391 e. The number of β-amino-alcohol motifs (C(OH)–C–C–N with tert-alkyl or cyclic N) is 1. The van der Waals surface area contributed by atoms with Crippen molar-refractivity contribution in [1.82, 2.24) is 9.88 Å². The first-order valence-electron chi connectivity index (χ1n) is 6.52. The number of carbonyl (C=O) groups excluding carboxylic acids is 1. The van der Waals surface area contributed by atoms with Gasteiger partial charge in [-0.1, -0.05) is 12.1 Å². The minimum absolute atomic E-state index is 0.0509. The topological polar surface area (TPSA) is 53.4 Å². The van der Waals surface area contributed by atoms with Gasteiger partial charge in [0.15, 0.2) is 0 Å². The first kappa shape index (κ1) is 12.1. The molecule has 19 heavy (non-hydrogen) atoms. The Balaban J connectivity index is 1.70. The molecule has 1 saturated heterocycles. The highest BCUT2D eigenvalue weighted by Gasteiger charge is 2.27. The number of aromatic nitrogens is 1. The van der Waals surface area contributed by atoms with Gasteiger partial charge >= 0.3 is 0 Å². The highest BCUT2D eigenvalue weighted by molar-refractivity contribution is 5.80. The molecule has 0 aliphatic carbocycles. The predicted octanol–water partition coefficient (Wildman–Crippen LogP) is 1.37. The maximum atomic E-state index is 11.6. The van der Waals surface area contributed by atoms with E-state index in [2.05, 4.69) is 11.1 Å². The summed E-state index contributed by atoms with van der Waals surface area (Å²) in [4.78, 5) is 17.6. The van der Waals surface area contributed by atoms with Gasteiger partial charge in [-0.3, -0.25) is 9.78 Å². The molecule has 1 aliphatic heterocycles. The summed E-state index contributed by atoms with van der Waals surface area (Å²) in [5.74, 6) is 0.0509. The molecule has 2 aromatic rings. The van der Waals surface area contributed by atoms with E-state index in [0.29, 0.717) is 13.1 Å². The first-order valence-corrected chi connectivity index (χ1v) is 6.52. The number of pyridine rings is 1. The van der Waals surface area contributed by atoms with Gasteiger partial charge in [-0.25, -0.2) is 0 Å². The Kier molecular flexibility index (Phi) is 3.17. The van der Waals surface area contributed by atoms with Crippen LogP contribution in [0.25, 0.3) is 10.9 Å². The fourth-order valence-electron chi connectivity index (χ4n) is 2.51. The monoisotopic (exact) mass is 256 g/mol. The highest BCUT2D eigenvalue weighted by atomic mass is 16.3. The predicted molar refractivity (Wildman–Crippen MR) is 72.7 cm³/mol. The van der Waals surface area contributed by atoms with Gasteiger partial charge in [0.1, 0.15) is 0 Å². The van der Waals surface area contributed by atoms with Gasteiger partial charge < -0.3 is 10.0 Å². The molecular formula is C15H16N2O2. The summed E-state index contributed by atoms with van der Waals surface area (Å²) in [6.07, 6.45) is 2.37. The molecule has 2 heterocycles. The molecule has 4 nitrogen and oxygen atoms in total. The van der Waals surface area contributed by atoms with Crippen LogP contribution < -0.4 is 0 Å². The molecule has 0 spiro atoms. The second kappa shape index (κ2) is 4.97. The molecule has 1 unspecified atom stereocenters. The van der Waals surface area contributed by atoms with Crippen molar-refractivity contribution in [3.05, 3.63) is 42.1 Å². The lowest BCUT2D eigenvalue weighted by atomic mass is 10.1. The van der Waals surface area contributed by atoms with Gasteiger partial charge in [0.2, 0.25) is 5.91 Å². The maximum absolute atomic E-state index is 11.6. The number of amides is 1. The molecule has 1 aromatic carbocycles. The molecule has 1 N–H and O–H groups in total. The van der Waals surface area contributed by atoms with Crippen LogP contribution in [-0.4, -0.2) is 40.1 Å². The van der Waals surface area contributed by atoms with E-state index in [9.17, 15) is 9.90 Å². The van der Waals surface area contributed by atoms with E-state index in [0.717, 1.165) is 17.3 Å². The van der Waals surface area contributed by atoms with Gasteiger partial charge in [0, 0.05) is 24.7 Å². The van der Waals surface area contributed by atoms with Crippen LogP contribution in [0, 0.1) is 0 Å². The van der Waals surface area contributed by atoms with E-state index in [1.165, 1.54) is 5.56 Å². The molecule has 0 radical (unpaired) electrons. The summed E-state index contributed by atoms with van der Waals surface area (Å²) in [5.41, 5.74) is 2.17. The highest BCUT2D eigenvalue weighted by Crippen LogP contribution is 2.16. The number of benzene rings is 1. The van der Waals surface area contributed by atoms with Crippen LogP contribution >= 0.6 is 0 Å². The molecule has 0 saturated carbocycles. The minimum Gasteiger partial charge on any atom is -0.391 e. The number of nitrogens with zero attached hydrogens (tertiary/aromatic N) is 2. The van der Waals surface area contributed by atoms with Crippen LogP contribution in [0.3, 0.4) is 0 Å². The standard InChI is InChI=1S/C15H16N2O2/c18-13-9-15(19)17(10-13)7-5-11-3-4-14-12(8-11)2-1-6-16-14/h1-4,6,8,13,18H,5,7,9-10H2. The average molecular weight is 256 g/mol. The number of hydrogen-bond donors (Lipinski definition) is 1. The fourth-order valence-corrected chi connectivity index (χ4v) is 2.51. The van der Waals surface area contributed by atoms with E-state index in [-0.39, 0.29) is 12.3 Å². The molecular weight excluding hydrogens is 240 g/mol. The maximum Gasteiger partial charge on any atom is 0.225 e. The summed E-state index contributed by atoms with van der Waals surface area (Å²) in [6.45, 7) is 1.13. The molecule has 4 heteroatoms. The first-order chi connectivity index (χ1) is 9.22. The van der Waals surface area contributed by atoms with Crippen molar-refractivity contribution in [3.8, 4) is 0 Å². The summed E-state index contributed by atoms with van der Waals surface area (Å²) in [5, 5.41) is 10.6. The number of likely N-dealkylation sites (tertiary alicyclic amines) is 1. The van der Waals surface area contributed by atoms with Crippen LogP contribution in [0.2, 0.25) is 0 Å². The van der Waals surface area contributed by atoms with E-state index in [1.54, 1.807) is 11.1 Å². The molecule has 0 bridgehead atoms. The number of rotatable bonds is 3. The molecule has 98 valence electrons. The van der Waals surface area contributed by atoms with Crippen molar-refractivity contribution in [1.29, 1.82) is 0 Å². The lowest BCUT2D eigenvalue weighted by Gasteiger charge is -2.15. The van der Waals surface area contributed by atoms with Gasteiger partial charge in [0.05, 0.1) is 18.0 Å². The van der Waals surface area contributed by atoms with Crippen molar-refractivity contribution < 1.29 is 9.90 Å². The third-order valence-corrected chi connectivity index (χ3v) is 3.53. The minimum atomic E-state index is -0.492. The number of aliphatic hydroxyl groups is 1. The zero-order valence-electron chi connectivity index (χ0n) is 10.6. The molecule has 1 aromatic heterocycles. The Labute approximate surface area is 111 Å². The molecule has 1 atom stereocenters. The lowest BCUT2D eigenvalue weighted by molar-refractivity contribution is -0.127. The summed E-state index contributed by atoms with van der Waals surface area (Å²) >= 11 is 0. The summed E-state index contributed by atoms with van der Waals surface area (Å²) in [7, 11) is 0. The van der Waals surface area contributed by atoms with E-state index in [4.69, 9.17) is 0 Å². The summed E-state index contributed by atoms with van der Waals surface area (Å²) < 4.78 is 0. The smallest absolute Gasteiger partial charge is 0.225 e. The van der Waals surface area contributed by atoms with Crippen LogP contribution in [0.1, 0.15) is 12.0 Å². The average Bonchev–Trinajstić information content (AvgIpc) is 2.74. The van der Waals surface area contributed by atoms with Crippen LogP contribution in [0.4, 0.5) is 0 Å². The Morgan fingerprint density at radius 3 is 3.05 bits per heavy atom. The Morgan fingerprint density at radius 2 is 2.26 bits per heavy atom. The van der Waals surface area contributed by atoms with Crippen LogP contribution in [0.15, 0.2) is 36.5 Å². The van der Waals surface area contributed by atoms with E-state index in [1.807, 2.05) is 24.3 Å². The van der Waals surface area contributed by atoms with Gasteiger partial charge in [-0.2, -0.15) is 0 Å². The molecule has 1 fully saturated rings. The zero-order chi connectivity index (χ0) is 13.2. The van der Waals surface area contributed by atoms with Crippen molar-refractivity contribution in [3.63, 3.8) is 0 Å². The lowest BCUT2D eigenvalue weighted by Crippen LogP contribution is -2.28. The Morgan fingerprint density at radius 1 is 1.37 bits per heavy atom. The van der Waals surface area contributed by atoms with E-state index >= 15 is 0 Å². The third kappa shape index (κ3) is 2.58. The van der Waals surface area contributed by atoms with Crippen molar-refractivity contribution in [2.45, 2.75) is 18.9 Å². The van der Waals surface area contributed by atoms with Gasteiger partial charge in [-0.05, 0) is 30.2 Å². The van der Waals surface area contributed by atoms with Crippen LogP contribution in [-0.2, 0) is 11.2 Å². The Hall–Kier alpha value is -1.94. The quantitative estimate of drug-likeness (QED) is 0.902. The second-order valence-corrected chi connectivity index (χ2v) is 4.98. The number of carbonyl (C=O) groups is 1. The number of aliphatic hydroxyl groups excluding tert-OH is 1. The van der Waals surface area contributed by atoms with Crippen molar-refractivity contribution in [2.75, 3.05) is 13.1 Å². The fraction of sp³-hybridized carbons (Fsp3) is 0.333. The SMILES string of the molecule is O=C1CC(O)CN1CCc1ccc2ncccc2c1. The van der Waals surface area contributed by atoms with E-state index < -0.39 is 6.10 Å². The molecule has 1 amide bonds. The Bertz CT molecular complexity index is 612. The number of hydrogen-bond acceptors (Lipinski definition) is 3. The zero-order valence-corrected chi connectivity index (χ0v) is 10.6. The normalized spacial score (nSPS) is 19.3. The van der Waals surface area contributed by atoms with Crippen molar-refractivity contribution >= 4 is 16.8 Å².